The summed E-state index contributed by atoms with van der Waals surface area (Å²) in [6.07, 6.45) is 5.15. The number of likely N-dealkylation sites (tertiary alicyclic amines) is 1. The van der Waals surface area contributed by atoms with Gasteiger partial charge in [0.1, 0.15) is 11.5 Å². The summed E-state index contributed by atoms with van der Waals surface area (Å²) in [6, 6.07) is 2.98. The Morgan fingerprint density at radius 3 is 2.71 bits per heavy atom. The first-order valence-electron chi connectivity index (χ1n) is 8.27. The van der Waals surface area contributed by atoms with Gasteiger partial charge in [0, 0.05) is 31.9 Å². The molecular formula is C17H28N2O2. The van der Waals surface area contributed by atoms with Crippen molar-refractivity contribution in [2.75, 3.05) is 26.8 Å². The van der Waals surface area contributed by atoms with Crippen LogP contribution in [0.5, 0.6) is 0 Å². The Bertz CT molecular complexity index is 446. The van der Waals surface area contributed by atoms with Crippen molar-refractivity contribution >= 4 is 0 Å². The van der Waals surface area contributed by atoms with E-state index in [-0.39, 0.29) is 0 Å². The lowest BCUT2D eigenvalue weighted by molar-refractivity contribution is 0.0966. The van der Waals surface area contributed by atoms with Crippen LogP contribution in [-0.4, -0.2) is 37.7 Å². The highest BCUT2D eigenvalue weighted by Gasteiger charge is 2.22. The summed E-state index contributed by atoms with van der Waals surface area (Å²) in [5.41, 5.74) is 1.35. The molecule has 1 aliphatic carbocycles. The van der Waals surface area contributed by atoms with Gasteiger partial charge >= 0.3 is 0 Å². The van der Waals surface area contributed by atoms with Crippen LogP contribution < -0.4 is 5.32 Å². The molecule has 1 aromatic rings. The molecule has 0 bridgehead atoms. The number of nitrogens with zero attached hydrogens (tertiary/aromatic N) is 1. The van der Waals surface area contributed by atoms with E-state index >= 15 is 0 Å². The van der Waals surface area contributed by atoms with Crippen LogP contribution >= 0.6 is 0 Å². The maximum atomic E-state index is 5.88. The zero-order chi connectivity index (χ0) is 14.7. The number of furan rings is 1. The third-order valence-electron chi connectivity index (χ3n) is 4.72. The van der Waals surface area contributed by atoms with Crippen LogP contribution in [0, 0.1) is 12.8 Å². The molecule has 1 saturated heterocycles. The molecule has 0 spiro atoms. The third kappa shape index (κ3) is 4.31. The molecule has 0 radical (unpaired) electrons. The van der Waals surface area contributed by atoms with Crippen LogP contribution in [0.1, 0.15) is 42.8 Å². The second-order valence-corrected chi connectivity index (χ2v) is 6.62. The van der Waals surface area contributed by atoms with Gasteiger partial charge in [-0.1, -0.05) is 0 Å². The molecule has 0 atom stereocenters. The average molecular weight is 292 g/mol. The largest absolute Gasteiger partial charge is 0.465 e. The molecule has 0 aromatic carbocycles. The molecule has 3 rings (SSSR count). The normalized spacial score (nSPS) is 21.0. The first-order chi connectivity index (χ1) is 10.2. The number of rotatable bonds is 7. The minimum Gasteiger partial charge on any atom is -0.465 e. The van der Waals surface area contributed by atoms with Crippen molar-refractivity contribution in [2.45, 2.75) is 51.7 Å². The highest BCUT2D eigenvalue weighted by Crippen LogP contribution is 2.23. The molecule has 2 heterocycles. The van der Waals surface area contributed by atoms with E-state index in [4.69, 9.17) is 9.15 Å². The van der Waals surface area contributed by atoms with Gasteiger partial charge in [-0.15, -0.1) is 0 Å². The van der Waals surface area contributed by atoms with Crippen molar-refractivity contribution in [1.82, 2.24) is 10.2 Å². The van der Waals surface area contributed by atoms with Gasteiger partial charge in [-0.2, -0.15) is 0 Å². The first kappa shape index (κ1) is 15.1. The predicted molar refractivity (Wildman–Crippen MR) is 83.2 cm³/mol. The summed E-state index contributed by atoms with van der Waals surface area (Å²) in [4.78, 5) is 2.54. The average Bonchev–Trinajstić information content (AvgIpc) is 3.24. The molecule has 0 amide bonds. The Kier molecular flexibility index (Phi) is 4.99. The van der Waals surface area contributed by atoms with Gasteiger partial charge < -0.3 is 14.5 Å². The maximum absolute atomic E-state index is 5.88. The standard InChI is InChI=1S/C17H28N2O2/c1-13-15(9-17(21-13)10-18-16-3-4-16)11-19-7-5-14(6-8-19)12-20-2/h9,14,16,18H,3-8,10-12H2,1-2H3. The van der Waals surface area contributed by atoms with Crippen LogP contribution in [0.15, 0.2) is 10.5 Å². The molecule has 118 valence electrons. The zero-order valence-electron chi connectivity index (χ0n) is 13.4. The second kappa shape index (κ2) is 6.95. The monoisotopic (exact) mass is 292 g/mol. The highest BCUT2D eigenvalue weighted by atomic mass is 16.5. The van der Waals surface area contributed by atoms with Gasteiger partial charge in [-0.05, 0) is 57.7 Å². The van der Waals surface area contributed by atoms with Crippen molar-refractivity contribution in [2.24, 2.45) is 5.92 Å². The Morgan fingerprint density at radius 1 is 1.29 bits per heavy atom. The van der Waals surface area contributed by atoms with E-state index in [0.717, 1.165) is 43.2 Å². The zero-order valence-corrected chi connectivity index (χ0v) is 13.4. The Labute approximate surface area is 127 Å². The molecule has 21 heavy (non-hydrogen) atoms. The van der Waals surface area contributed by atoms with Gasteiger partial charge in [0.2, 0.25) is 0 Å². The molecule has 2 aliphatic rings. The van der Waals surface area contributed by atoms with E-state index in [1.165, 1.54) is 44.3 Å². The van der Waals surface area contributed by atoms with Crippen molar-refractivity contribution in [1.29, 1.82) is 0 Å². The predicted octanol–water partition coefficient (Wildman–Crippen LogP) is 2.70. The molecule has 2 fully saturated rings. The second-order valence-electron chi connectivity index (χ2n) is 6.62. The van der Waals surface area contributed by atoms with Crippen molar-refractivity contribution in [3.05, 3.63) is 23.2 Å². The fourth-order valence-corrected chi connectivity index (χ4v) is 3.15. The number of nitrogens with one attached hydrogen (secondary N) is 1. The van der Waals surface area contributed by atoms with Crippen molar-refractivity contribution in [3.8, 4) is 0 Å². The van der Waals surface area contributed by atoms with Crippen LogP contribution in [0.2, 0.25) is 0 Å². The van der Waals surface area contributed by atoms with E-state index < -0.39 is 0 Å². The number of hydrogen-bond donors (Lipinski definition) is 1. The minimum atomic E-state index is 0.735. The summed E-state index contributed by atoms with van der Waals surface area (Å²) in [6.45, 7) is 7.26. The topological polar surface area (TPSA) is 37.6 Å². The lowest BCUT2D eigenvalue weighted by Crippen LogP contribution is -2.34. The molecule has 1 saturated carbocycles. The number of hydrogen-bond acceptors (Lipinski definition) is 4. The highest BCUT2D eigenvalue weighted by molar-refractivity contribution is 5.21. The number of ether oxygens (including phenoxy) is 1. The molecule has 4 heteroatoms. The van der Waals surface area contributed by atoms with Gasteiger partial charge in [0.15, 0.2) is 0 Å². The molecule has 4 nitrogen and oxygen atoms in total. The van der Waals surface area contributed by atoms with Gasteiger partial charge in [-0.3, -0.25) is 4.90 Å². The van der Waals surface area contributed by atoms with Crippen molar-refractivity contribution < 1.29 is 9.15 Å². The van der Waals surface area contributed by atoms with Gasteiger partial charge in [-0.25, -0.2) is 0 Å². The van der Waals surface area contributed by atoms with Gasteiger partial charge in [0.05, 0.1) is 6.54 Å². The number of piperidine rings is 1. The quantitative estimate of drug-likeness (QED) is 0.838. The van der Waals surface area contributed by atoms with Crippen LogP contribution in [0.3, 0.4) is 0 Å². The fraction of sp³-hybridized carbons (Fsp3) is 0.765. The Balaban J connectivity index is 1.48. The molecular weight excluding hydrogens is 264 g/mol. The molecule has 1 N–H and O–H groups in total. The Hall–Kier alpha value is -0.840. The lowest BCUT2D eigenvalue weighted by atomic mass is 9.97. The number of aryl methyl sites for hydroxylation is 1. The van der Waals surface area contributed by atoms with E-state index in [1.54, 1.807) is 7.11 Å². The fourth-order valence-electron chi connectivity index (χ4n) is 3.15. The summed E-state index contributed by atoms with van der Waals surface area (Å²) in [5.74, 6) is 2.92. The molecule has 0 unspecified atom stereocenters. The Morgan fingerprint density at radius 2 is 2.05 bits per heavy atom. The summed E-state index contributed by atoms with van der Waals surface area (Å²) in [7, 11) is 1.80. The van der Waals surface area contributed by atoms with Crippen molar-refractivity contribution in [3.63, 3.8) is 0 Å². The smallest absolute Gasteiger partial charge is 0.118 e. The molecule has 1 aliphatic heterocycles. The summed E-state index contributed by atoms with van der Waals surface area (Å²) in [5, 5.41) is 3.52. The third-order valence-corrected chi connectivity index (χ3v) is 4.72. The SMILES string of the molecule is COCC1CCN(Cc2cc(CNC3CC3)oc2C)CC1. The van der Waals surface area contributed by atoms with Gasteiger partial charge in [0.25, 0.3) is 0 Å². The maximum Gasteiger partial charge on any atom is 0.118 e. The van der Waals surface area contributed by atoms with E-state index in [1.807, 2.05) is 0 Å². The molecule has 1 aromatic heterocycles. The summed E-state index contributed by atoms with van der Waals surface area (Å²) < 4.78 is 11.2. The van der Waals surface area contributed by atoms with E-state index in [2.05, 4.69) is 23.2 Å². The van der Waals surface area contributed by atoms with Crippen LogP contribution in [0.25, 0.3) is 0 Å². The van der Waals surface area contributed by atoms with Crippen LogP contribution in [-0.2, 0) is 17.8 Å². The number of methoxy groups -OCH3 is 1. The van der Waals surface area contributed by atoms with E-state index in [9.17, 15) is 0 Å². The first-order valence-corrected chi connectivity index (χ1v) is 8.27. The van der Waals surface area contributed by atoms with Crippen LogP contribution in [0.4, 0.5) is 0 Å². The summed E-state index contributed by atoms with van der Waals surface area (Å²) >= 11 is 0. The minimum absolute atomic E-state index is 0.735. The van der Waals surface area contributed by atoms with E-state index in [0.29, 0.717) is 0 Å². The lowest BCUT2D eigenvalue weighted by Gasteiger charge is -2.31.